The fourth-order valence-electron chi connectivity index (χ4n) is 5.47. The van der Waals surface area contributed by atoms with E-state index in [1.807, 2.05) is 19.0 Å². The fraction of sp³-hybridized carbons (Fsp3) is 0.448. The van der Waals surface area contributed by atoms with Gasteiger partial charge >= 0.3 is 0 Å². The Morgan fingerprint density at radius 3 is 2.50 bits per heavy atom. The van der Waals surface area contributed by atoms with Crippen molar-refractivity contribution in [2.75, 3.05) is 57.6 Å². The Morgan fingerprint density at radius 1 is 1.18 bits per heavy atom. The van der Waals surface area contributed by atoms with Gasteiger partial charge in [-0.3, -0.25) is 15.0 Å². The standard InChI is InChI=1S/C29H36F3N5O3/c1-36(2)26-18-34-25-5-4-22(40-3)17-23(25)27(26)24(32)6-7-29(28(38)35-39)8-11-37(12-9-29)13-10-33-21-15-19(30)14-20(31)16-21/h4-5,14-18,24,33,39H,6-13H2,1-3H3,(H,35,38). The molecule has 1 unspecified atom stereocenters. The molecule has 1 aliphatic heterocycles. The Morgan fingerprint density at radius 2 is 1.88 bits per heavy atom. The van der Waals surface area contributed by atoms with Gasteiger partial charge in [0.05, 0.1) is 29.9 Å². The number of methoxy groups -OCH3 is 1. The second-order valence-corrected chi connectivity index (χ2v) is 10.5. The van der Waals surface area contributed by atoms with Crippen LogP contribution in [0.4, 0.5) is 24.5 Å². The summed E-state index contributed by atoms with van der Waals surface area (Å²) in [5, 5.41) is 13.2. The second-order valence-electron chi connectivity index (χ2n) is 10.5. The van der Waals surface area contributed by atoms with E-state index in [4.69, 9.17) is 4.74 Å². The smallest absolute Gasteiger partial charge is 0.249 e. The number of hydrogen-bond donors (Lipinski definition) is 3. The largest absolute Gasteiger partial charge is 0.497 e. The van der Waals surface area contributed by atoms with Gasteiger partial charge in [0.2, 0.25) is 5.91 Å². The first kappa shape index (κ1) is 29.4. The molecule has 1 fully saturated rings. The van der Waals surface area contributed by atoms with Crippen molar-refractivity contribution in [3.8, 4) is 5.75 Å². The van der Waals surface area contributed by atoms with Crippen LogP contribution in [-0.2, 0) is 4.79 Å². The molecule has 1 aromatic heterocycles. The molecule has 1 saturated heterocycles. The molecule has 3 aromatic rings. The number of nitrogens with zero attached hydrogens (tertiary/aromatic N) is 3. The van der Waals surface area contributed by atoms with Gasteiger partial charge < -0.3 is 19.9 Å². The average Bonchev–Trinajstić information content (AvgIpc) is 2.94. The predicted octanol–water partition coefficient (Wildman–Crippen LogP) is 5.08. The highest BCUT2D eigenvalue weighted by Gasteiger charge is 2.41. The van der Waals surface area contributed by atoms with Crippen molar-refractivity contribution in [3.63, 3.8) is 0 Å². The Kier molecular flexibility index (Phi) is 9.36. The van der Waals surface area contributed by atoms with Gasteiger partial charge in [-0.1, -0.05) is 0 Å². The number of carbonyl (C=O) groups excluding carboxylic acids is 1. The van der Waals surface area contributed by atoms with E-state index in [2.05, 4.69) is 15.2 Å². The Bertz CT molecular complexity index is 1310. The van der Waals surface area contributed by atoms with Gasteiger partial charge in [0, 0.05) is 49.9 Å². The van der Waals surface area contributed by atoms with Gasteiger partial charge in [-0.2, -0.15) is 0 Å². The molecule has 2 aromatic carbocycles. The molecule has 216 valence electrons. The zero-order chi connectivity index (χ0) is 28.9. The number of alkyl halides is 1. The third-order valence-electron chi connectivity index (χ3n) is 7.78. The van der Waals surface area contributed by atoms with Crippen LogP contribution in [0.3, 0.4) is 0 Å². The van der Waals surface area contributed by atoms with Crippen LogP contribution < -0.4 is 20.4 Å². The minimum Gasteiger partial charge on any atom is -0.497 e. The maximum Gasteiger partial charge on any atom is 0.249 e. The summed E-state index contributed by atoms with van der Waals surface area (Å²) >= 11 is 0. The topological polar surface area (TPSA) is 90.0 Å². The summed E-state index contributed by atoms with van der Waals surface area (Å²) in [6.45, 7) is 2.17. The summed E-state index contributed by atoms with van der Waals surface area (Å²) in [7, 11) is 5.21. The molecule has 0 aliphatic carbocycles. The molecule has 4 rings (SSSR count). The Balaban J connectivity index is 1.44. The van der Waals surface area contributed by atoms with Crippen LogP contribution in [-0.4, -0.2) is 68.4 Å². The molecule has 11 heteroatoms. The molecule has 0 bridgehead atoms. The Hall–Kier alpha value is -3.57. The summed E-state index contributed by atoms with van der Waals surface area (Å²) in [6.07, 6.45) is 1.47. The molecular formula is C29H36F3N5O3. The highest BCUT2D eigenvalue weighted by molar-refractivity contribution is 5.88. The maximum absolute atomic E-state index is 16.1. The van der Waals surface area contributed by atoms with Crippen molar-refractivity contribution in [1.29, 1.82) is 0 Å². The van der Waals surface area contributed by atoms with Crippen molar-refractivity contribution >= 4 is 28.2 Å². The summed E-state index contributed by atoms with van der Waals surface area (Å²) in [4.78, 5) is 21.3. The maximum atomic E-state index is 16.1. The molecule has 0 spiro atoms. The zero-order valence-electron chi connectivity index (χ0n) is 23.0. The number of halogens is 3. The molecule has 2 heterocycles. The number of likely N-dealkylation sites (tertiary alicyclic amines) is 1. The third-order valence-corrected chi connectivity index (χ3v) is 7.78. The SMILES string of the molecule is COc1ccc2ncc(N(C)C)c(C(F)CCC3(C(=O)NO)CCN(CCNc4cc(F)cc(F)c4)CC3)c2c1. The highest BCUT2D eigenvalue weighted by Crippen LogP contribution is 2.43. The summed E-state index contributed by atoms with van der Waals surface area (Å²) in [5.41, 5.74) is 3.03. The average molecular weight is 560 g/mol. The van der Waals surface area contributed by atoms with Gasteiger partial charge in [-0.15, -0.1) is 0 Å². The summed E-state index contributed by atoms with van der Waals surface area (Å²) < 4.78 is 48.3. The van der Waals surface area contributed by atoms with Crippen molar-refractivity contribution in [3.05, 3.63) is 59.8 Å². The van der Waals surface area contributed by atoms with Crippen molar-refractivity contribution in [2.24, 2.45) is 5.41 Å². The van der Waals surface area contributed by atoms with Crippen molar-refractivity contribution in [2.45, 2.75) is 31.9 Å². The number of benzene rings is 2. The van der Waals surface area contributed by atoms with Gasteiger partial charge in [0.25, 0.3) is 0 Å². The lowest BCUT2D eigenvalue weighted by Gasteiger charge is -2.40. The minimum absolute atomic E-state index is 0.0806. The van der Waals surface area contributed by atoms with Crippen LogP contribution in [0.15, 0.2) is 42.6 Å². The van der Waals surface area contributed by atoms with Gasteiger partial charge in [-0.05, 0) is 69.1 Å². The first-order valence-electron chi connectivity index (χ1n) is 13.3. The summed E-state index contributed by atoms with van der Waals surface area (Å²) in [5.74, 6) is -1.22. The van der Waals surface area contributed by atoms with Crippen molar-refractivity contribution in [1.82, 2.24) is 15.4 Å². The number of aromatic nitrogens is 1. The number of hydrogen-bond acceptors (Lipinski definition) is 7. The highest BCUT2D eigenvalue weighted by atomic mass is 19.1. The number of carbonyl (C=O) groups is 1. The van der Waals surface area contributed by atoms with Crippen LogP contribution in [0, 0.1) is 17.0 Å². The number of fused-ring (bicyclic) bond motifs is 1. The molecule has 0 radical (unpaired) electrons. The van der Waals surface area contributed by atoms with E-state index in [0.29, 0.717) is 72.6 Å². The number of nitrogens with one attached hydrogen (secondary N) is 2. The van der Waals surface area contributed by atoms with Crippen LogP contribution in [0.1, 0.15) is 37.4 Å². The normalized spacial score (nSPS) is 16.0. The van der Waals surface area contributed by atoms with E-state index >= 15 is 4.39 Å². The minimum atomic E-state index is -1.38. The number of pyridine rings is 1. The van der Waals surface area contributed by atoms with Crippen LogP contribution in [0.5, 0.6) is 5.75 Å². The van der Waals surface area contributed by atoms with Gasteiger partial charge in [0.15, 0.2) is 0 Å². The van der Waals surface area contributed by atoms with Crippen LogP contribution in [0.2, 0.25) is 0 Å². The predicted molar refractivity (Wildman–Crippen MR) is 149 cm³/mol. The lowest BCUT2D eigenvalue weighted by Crippen LogP contribution is -2.49. The number of rotatable bonds is 11. The fourth-order valence-corrected chi connectivity index (χ4v) is 5.47. The number of amides is 1. The molecule has 1 amide bonds. The van der Waals surface area contributed by atoms with E-state index in [9.17, 15) is 18.8 Å². The molecule has 8 nitrogen and oxygen atoms in total. The molecular weight excluding hydrogens is 523 g/mol. The first-order valence-corrected chi connectivity index (χ1v) is 13.3. The number of anilines is 2. The van der Waals surface area contributed by atoms with E-state index in [-0.39, 0.29) is 12.8 Å². The first-order chi connectivity index (χ1) is 19.2. The second kappa shape index (κ2) is 12.7. The number of hydroxylamine groups is 1. The van der Waals surface area contributed by atoms with Crippen LogP contribution >= 0.6 is 0 Å². The molecule has 40 heavy (non-hydrogen) atoms. The van der Waals surface area contributed by atoms with E-state index in [1.165, 1.54) is 12.1 Å². The van der Waals surface area contributed by atoms with Crippen molar-refractivity contribution < 1.29 is 27.9 Å². The Labute approximate surface area is 232 Å². The zero-order valence-corrected chi connectivity index (χ0v) is 23.0. The third kappa shape index (κ3) is 6.59. The molecule has 1 aliphatic rings. The summed E-state index contributed by atoms with van der Waals surface area (Å²) in [6, 6.07) is 8.62. The number of piperidine rings is 1. The van der Waals surface area contributed by atoms with E-state index < -0.39 is 29.1 Å². The monoisotopic (exact) mass is 559 g/mol. The molecule has 1 atom stereocenters. The van der Waals surface area contributed by atoms with Crippen LogP contribution in [0.25, 0.3) is 10.9 Å². The quantitative estimate of drug-likeness (QED) is 0.223. The molecule has 3 N–H and O–H groups in total. The van der Waals surface area contributed by atoms with E-state index in [1.54, 1.807) is 37.0 Å². The van der Waals surface area contributed by atoms with Gasteiger partial charge in [0.1, 0.15) is 23.6 Å². The molecule has 0 saturated carbocycles. The van der Waals surface area contributed by atoms with E-state index in [0.717, 1.165) is 6.07 Å². The lowest BCUT2D eigenvalue weighted by atomic mass is 9.73. The number of ether oxygens (including phenoxy) is 1. The lowest BCUT2D eigenvalue weighted by molar-refractivity contribution is -0.143. The van der Waals surface area contributed by atoms with Gasteiger partial charge in [-0.25, -0.2) is 18.7 Å².